The van der Waals surface area contributed by atoms with Gasteiger partial charge in [-0.2, -0.15) is 8.78 Å². The molecule has 3 nitrogen and oxygen atoms in total. The standard InChI is InChI=1S/C13H14F2N2OS/c1-8-6-7-11(19-8)12(17-16)9-4-2-3-5-10(9)18-13(14)15/h2-7,12-13,17H,16H2,1H3. The van der Waals surface area contributed by atoms with Crippen molar-refractivity contribution in [1.82, 2.24) is 5.43 Å². The number of rotatable bonds is 5. The number of ether oxygens (including phenoxy) is 1. The third-order valence-electron chi connectivity index (χ3n) is 2.66. The van der Waals surface area contributed by atoms with Gasteiger partial charge in [0.1, 0.15) is 5.75 Å². The SMILES string of the molecule is Cc1ccc(C(NN)c2ccccc2OC(F)F)s1. The lowest BCUT2D eigenvalue weighted by Crippen LogP contribution is -2.28. The van der Waals surface area contributed by atoms with Gasteiger partial charge in [-0.3, -0.25) is 5.84 Å². The molecule has 0 saturated heterocycles. The summed E-state index contributed by atoms with van der Waals surface area (Å²) in [4.78, 5) is 2.08. The van der Waals surface area contributed by atoms with Gasteiger partial charge in [-0.05, 0) is 25.1 Å². The molecule has 0 fully saturated rings. The fraction of sp³-hybridized carbons (Fsp3) is 0.231. The Balaban J connectivity index is 2.38. The predicted octanol–water partition coefficient (Wildman–Crippen LogP) is 3.21. The van der Waals surface area contributed by atoms with Crippen LogP contribution in [0.2, 0.25) is 0 Å². The summed E-state index contributed by atoms with van der Waals surface area (Å²) < 4.78 is 29.3. The van der Waals surface area contributed by atoms with Crippen LogP contribution in [0.3, 0.4) is 0 Å². The molecule has 0 aliphatic carbocycles. The number of hydrazine groups is 1. The number of hydrogen-bond acceptors (Lipinski definition) is 4. The summed E-state index contributed by atoms with van der Waals surface area (Å²) in [6.07, 6.45) is 0. The highest BCUT2D eigenvalue weighted by atomic mass is 32.1. The summed E-state index contributed by atoms with van der Waals surface area (Å²) in [6.45, 7) is -0.881. The molecular weight excluding hydrogens is 270 g/mol. The first-order chi connectivity index (χ1) is 9.11. The molecule has 6 heteroatoms. The van der Waals surface area contributed by atoms with Crippen molar-refractivity contribution in [2.45, 2.75) is 19.6 Å². The van der Waals surface area contributed by atoms with Crippen molar-refractivity contribution < 1.29 is 13.5 Å². The molecule has 1 heterocycles. The number of nitrogens with two attached hydrogens (primary N) is 1. The summed E-state index contributed by atoms with van der Waals surface area (Å²) in [5, 5.41) is 0. The summed E-state index contributed by atoms with van der Waals surface area (Å²) in [6, 6.07) is 10.1. The minimum Gasteiger partial charge on any atom is -0.434 e. The number of nitrogens with one attached hydrogen (secondary N) is 1. The minimum atomic E-state index is -2.86. The van der Waals surface area contributed by atoms with Crippen LogP contribution >= 0.6 is 11.3 Å². The predicted molar refractivity (Wildman–Crippen MR) is 71.3 cm³/mol. The lowest BCUT2D eigenvalue weighted by atomic mass is 10.0. The second kappa shape index (κ2) is 6.10. The molecule has 102 valence electrons. The summed E-state index contributed by atoms with van der Waals surface area (Å²) in [5.41, 5.74) is 3.24. The van der Waals surface area contributed by atoms with E-state index in [1.54, 1.807) is 29.5 Å². The molecule has 1 unspecified atom stereocenters. The summed E-state index contributed by atoms with van der Waals surface area (Å²) in [7, 11) is 0. The first-order valence-corrected chi connectivity index (χ1v) is 6.49. The molecule has 2 aromatic rings. The van der Waals surface area contributed by atoms with Crippen LogP contribution in [0.1, 0.15) is 21.4 Å². The van der Waals surface area contributed by atoms with Crippen molar-refractivity contribution in [1.29, 1.82) is 0 Å². The molecule has 0 spiro atoms. The number of benzene rings is 1. The van der Waals surface area contributed by atoms with Gasteiger partial charge < -0.3 is 4.74 Å². The number of hydrogen-bond donors (Lipinski definition) is 2. The van der Waals surface area contributed by atoms with E-state index in [-0.39, 0.29) is 11.8 Å². The van der Waals surface area contributed by atoms with Crippen molar-refractivity contribution in [2.24, 2.45) is 5.84 Å². The summed E-state index contributed by atoms with van der Waals surface area (Å²) in [5.74, 6) is 5.69. The zero-order valence-corrected chi connectivity index (χ0v) is 11.1. The molecule has 3 N–H and O–H groups in total. The quantitative estimate of drug-likeness (QED) is 0.654. The maximum atomic E-state index is 12.4. The van der Waals surface area contributed by atoms with E-state index in [9.17, 15) is 8.78 Å². The first kappa shape index (κ1) is 13.9. The average Bonchev–Trinajstić information content (AvgIpc) is 2.78. The molecule has 0 amide bonds. The number of para-hydroxylation sites is 1. The van der Waals surface area contributed by atoms with Crippen LogP contribution in [0.4, 0.5) is 8.78 Å². The first-order valence-electron chi connectivity index (χ1n) is 5.68. The molecule has 0 aliphatic rings. The zero-order chi connectivity index (χ0) is 13.8. The van der Waals surface area contributed by atoms with Crippen molar-refractivity contribution in [3.05, 3.63) is 51.7 Å². The Morgan fingerprint density at radius 2 is 1.95 bits per heavy atom. The largest absolute Gasteiger partial charge is 0.434 e. The van der Waals surface area contributed by atoms with E-state index in [1.165, 1.54) is 6.07 Å². The molecule has 0 saturated carbocycles. The fourth-order valence-corrected chi connectivity index (χ4v) is 2.81. The molecule has 1 atom stereocenters. The number of thiophene rings is 1. The van der Waals surface area contributed by atoms with Crippen LogP contribution in [-0.2, 0) is 0 Å². The third-order valence-corrected chi connectivity index (χ3v) is 3.72. The smallest absolute Gasteiger partial charge is 0.387 e. The molecule has 2 rings (SSSR count). The minimum absolute atomic E-state index is 0.131. The van der Waals surface area contributed by atoms with Gasteiger partial charge in [-0.1, -0.05) is 18.2 Å². The highest BCUT2D eigenvalue weighted by Gasteiger charge is 2.19. The van der Waals surface area contributed by atoms with Crippen LogP contribution < -0.4 is 16.0 Å². The lowest BCUT2D eigenvalue weighted by Gasteiger charge is -2.18. The highest BCUT2D eigenvalue weighted by Crippen LogP contribution is 2.33. The van der Waals surface area contributed by atoms with E-state index in [0.717, 1.165) is 9.75 Å². The van der Waals surface area contributed by atoms with Crippen molar-refractivity contribution in [3.63, 3.8) is 0 Å². The van der Waals surface area contributed by atoms with Crippen molar-refractivity contribution >= 4 is 11.3 Å². The maximum Gasteiger partial charge on any atom is 0.387 e. The Morgan fingerprint density at radius 3 is 2.53 bits per heavy atom. The number of halogens is 2. The molecule has 0 bridgehead atoms. The lowest BCUT2D eigenvalue weighted by molar-refractivity contribution is -0.0506. The Kier molecular flexibility index (Phi) is 4.47. The fourth-order valence-electron chi connectivity index (χ4n) is 1.86. The Morgan fingerprint density at radius 1 is 1.21 bits per heavy atom. The molecule has 0 aliphatic heterocycles. The van der Waals surface area contributed by atoms with Gasteiger partial charge in [-0.25, -0.2) is 5.43 Å². The van der Waals surface area contributed by atoms with Crippen LogP contribution in [0.15, 0.2) is 36.4 Å². The van der Waals surface area contributed by atoms with Crippen molar-refractivity contribution in [3.8, 4) is 5.75 Å². The molecule has 1 aromatic heterocycles. The van der Waals surface area contributed by atoms with Crippen molar-refractivity contribution in [2.75, 3.05) is 0 Å². The second-order valence-corrected chi connectivity index (χ2v) is 5.28. The van der Waals surface area contributed by atoms with Gasteiger partial charge in [0.2, 0.25) is 0 Å². The van der Waals surface area contributed by atoms with E-state index >= 15 is 0 Å². The highest BCUT2D eigenvalue weighted by molar-refractivity contribution is 7.12. The third kappa shape index (κ3) is 3.28. The Labute approximate surface area is 114 Å². The Hall–Kier alpha value is -1.50. The van der Waals surface area contributed by atoms with Gasteiger partial charge in [0.15, 0.2) is 0 Å². The van der Waals surface area contributed by atoms with Crippen LogP contribution in [0, 0.1) is 6.92 Å². The second-order valence-electron chi connectivity index (χ2n) is 3.96. The molecule has 1 aromatic carbocycles. The van der Waals surface area contributed by atoms with E-state index in [0.29, 0.717) is 5.56 Å². The van der Waals surface area contributed by atoms with E-state index in [1.807, 2.05) is 19.1 Å². The number of aryl methyl sites for hydroxylation is 1. The molecule has 19 heavy (non-hydrogen) atoms. The topological polar surface area (TPSA) is 47.3 Å². The monoisotopic (exact) mass is 284 g/mol. The van der Waals surface area contributed by atoms with E-state index < -0.39 is 6.61 Å². The van der Waals surface area contributed by atoms with E-state index in [2.05, 4.69) is 10.2 Å². The average molecular weight is 284 g/mol. The number of alkyl halides is 2. The van der Waals surface area contributed by atoms with E-state index in [4.69, 9.17) is 5.84 Å². The van der Waals surface area contributed by atoms with Gasteiger partial charge in [-0.15, -0.1) is 11.3 Å². The van der Waals surface area contributed by atoms with Gasteiger partial charge in [0.25, 0.3) is 0 Å². The van der Waals surface area contributed by atoms with Gasteiger partial charge >= 0.3 is 6.61 Å². The van der Waals surface area contributed by atoms with Gasteiger partial charge in [0, 0.05) is 15.3 Å². The molecular formula is C13H14F2N2OS. The van der Waals surface area contributed by atoms with Crippen LogP contribution in [0.5, 0.6) is 5.75 Å². The summed E-state index contributed by atoms with van der Waals surface area (Å²) >= 11 is 1.56. The Bertz CT molecular complexity index is 545. The zero-order valence-electron chi connectivity index (χ0n) is 10.3. The maximum absolute atomic E-state index is 12.4. The van der Waals surface area contributed by atoms with Crippen LogP contribution in [0.25, 0.3) is 0 Å². The normalized spacial score (nSPS) is 12.7. The van der Waals surface area contributed by atoms with Gasteiger partial charge in [0.05, 0.1) is 6.04 Å². The van der Waals surface area contributed by atoms with Crippen LogP contribution in [-0.4, -0.2) is 6.61 Å². The molecule has 0 radical (unpaired) electrons.